The Morgan fingerprint density at radius 3 is 2.85 bits per heavy atom. The van der Waals surface area contributed by atoms with Crippen molar-refractivity contribution in [2.24, 2.45) is 0 Å². The SMILES string of the molecule is C=C(C=O)C(O)c1cccc(F)c1. The van der Waals surface area contributed by atoms with Crippen molar-refractivity contribution in [1.82, 2.24) is 0 Å². The number of carbonyl (C=O) groups excluding carboxylic acids is 1. The third-order valence-electron chi connectivity index (χ3n) is 1.67. The number of hydrogen-bond donors (Lipinski definition) is 1. The topological polar surface area (TPSA) is 37.3 Å². The second kappa shape index (κ2) is 3.96. The van der Waals surface area contributed by atoms with Gasteiger partial charge >= 0.3 is 0 Å². The Morgan fingerprint density at radius 2 is 2.31 bits per heavy atom. The van der Waals surface area contributed by atoms with Crippen LogP contribution in [0, 0.1) is 5.82 Å². The fraction of sp³-hybridized carbons (Fsp3) is 0.100. The van der Waals surface area contributed by atoms with Gasteiger partial charge in [-0.1, -0.05) is 18.7 Å². The molecular formula is C10H9FO2. The van der Waals surface area contributed by atoms with Crippen molar-refractivity contribution in [1.29, 1.82) is 0 Å². The summed E-state index contributed by atoms with van der Waals surface area (Å²) in [6, 6.07) is 5.42. The quantitative estimate of drug-likeness (QED) is 0.566. The smallest absolute Gasteiger partial charge is 0.148 e. The van der Waals surface area contributed by atoms with Crippen LogP contribution in [0.5, 0.6) is 0 Å². The van der Waals surface area contributed by atoms with E-state index in [1.54, 1.807) is 0 Å². The Morgan fingerprint density at radius 1 is 1.62 bits per heavy atom. The molecule has 0 saturated carbocycles. The first-order valence-corrected chi connectivity index (χ1v) is 3.72. The summed E-state index contributed by atoms with van der Waals surface area (Å²) in [5.41, 5.74) is 0.350. The zero-order valence-electron chi connectivity index (χ0n) is 6.90. The lowest BCUT2D eigenvalue weighted by molar-refractivity contribution is -0.105. The molecule has 0 aliphatic rings. The first-order chi connectivity index (χ1) is 6.15. The summed E-state index contributed by atoms with van der Waals surface area (Å²) in [4.78, 5) is 10.3. The van der Waals surface area contributed by atoms with E-state index in [1.807, 2.05) is 0 Å². The van der Waals surface area contributed by atoms with Crippen LogP contribution in [0.15, 0.2) is 36.4 Å². The molecule has 1 unspecified atom stereocenters. The van der Waals surface area contributed by atoms with E-state index >= 15 is 0 Å². The number of aldehydes is 1. The van der Waals surface area contributed by atoms with Gasteiger partial charge in [0.15, 0.2) is 0 Å². The van der Waals surface area contributed by atoms with Crippen molar-refractivity contribution >= 4 is 6.29 Å². The van der Waals surface area contributed by atoms with Crippen LogP contribution in [0.4, 0.5) is 4.39 Å². The fourth-order valence-corrected chi connectivity index (χ4v) is 0.955. The molecule has 13 heavy (non-hydrogen) atoms. The molecule has 0 fully saturated rings. The highest BCUT2D eigenvalue weighted by Gasteiger charge is 2.10. The van der Waals surface area contributed by atoms with Crippen molar-refractivity contribution < 1.29 is 14.3 Å². The van der Waals surface area contributed by atoms with E-state index in [1.165, 1.54) is 24.3 Å². The number of rotatable bonds is 3. The van der Waals surface area contributed by atoms with E-state index in [0.717, 1.165) is 0 Å². The summed E-state index contributed by atoms with van der Waals surface area (Å²) in [5, 5.41) is 9.42. The molecule has 3 heteroatoms. The van der Waals surface area contributed by atoms with Gasteiger partial charge in [0, 0.05) is 5.57 Å². The summed E-state index contributed by atoms with van der Waals surface area (Å²) in [7, 11) is 0. The normalized spacial score (nSPS) is 12.2. The highest BCUT2D eigenvalue weighted by molar-refractivity contribution is 5.74. The highest BCUT2D eigenvalue weighted by atomic mass is 19.1. The molecule has 0 aliphatic carbocycles. The average Bonchev–Trinajstić information content (AvgIpc) is 2.15. The molecule has 2 nitrogen and oxygen atoms in total. The van der Waals surface area contributed by atoms with Crippen LogP contribution in [0.1, 0.15) is 11.7 Å². The summed E-state index contributed by atoms with van der Waals surface area (Å²) < 4.78 is 12.7. The van der Waals surface area contributed by atoms with E-state index < -0.39 is 11.9 Å². The first kappa shape index (κ1) is 9.61. The molecule has 0 amide bonds. The Balaban J connectivity index is 2.94. The number of benzene rings is 1. The third-order valence-corrected chi connectivity index (χ3v) is 1.67. The van der Waals surface area contributed by atoms with Gasteiger partial charge in [0.1, 0.15) is 18.2 Å². The van der Waals surface area contributed by atoms with Crippen LogP contribution in [-0.4, -0.2) is 11.4 Å². The van der Waals surface area contributed by atoms with Gasteiger partial charge in [-0.25, -0.2) is 4.39 Å². The summed E-state index contributed by atoms with van der Waals surface area (Å²) >= 11 is 0. The number of aliphatic hydroxyl groups is 1. The van der Waals surface area contributed by atoms with Gasteiger partial charge in [0.2, 0.25) is 0 Å². The number of hydrogen-bond acceptors (Lipinski definition) is 2. The average molecular weight is 180 g/mol. The summed E-state index contributed by atoms with van der Waals surface area (Å²) in [5.74, 6) is -0.449. The molecule has 1 N–H and O–H groups in total. The maximum atomic E-state index is 12.7. The molecule has 1 aromatic carbocycles. The molecular weight excluding hydrogens is 171 g/mol. The maximum Gasteiger partial charge on any atom is 0.148 e. The number of carbonyl (C=O) groups is 1. The molecule has 0 heterocycles. The molecule has 0 aliphatic heterocycles. The number of halogens is 1. The second-order valence-electron chi connectivity index (χ2n) is 2.65. The molecule has 1 atom stereocenters. The van der Waals surface area contributed by atoms with Gasteiger partial charge in [-0.05, 0) is 17.7 Å². The molecule has 0 saturated heterocycles. The molecule has 68 valence electrons. The van der Waals surface area contributed by atoms with Crippen LogP contribution in [0.2, 0.25) is 0 Å². The molecule has 0 bridgehead atoms. The van der Waals surface area contributed by atoms with Gasteiger partial charge in [0.25, 0.3) is 0 Å². The van der Waals surface area contributed by atoms with Crippen molar-refractivity contribution in [2.45, 2.75) is 6.10 Å². The van der Waals surface area contributed by atoms with Crippen molar-refractivity contribution in [3.05, 3.63) is 47.8 Å². The maximum absolute atomic E-state index is 12.7. The Kier molecular flexibility index (Phi) is 2.93. The van der Waals surface area contributed by atoms with Gasteiger partial charge in [0.05, 0.1) is 0 Å². The third kappa shape index (κ3) is 2.23. The predicted molar refractivity (Wildman–Crippen MR) is 46.6 cm³/mol. The van der Waals surface area contributed by atoms with E-state index in [-0.39, 0.29) is 5.57 Å². The minimum absolute atomic E-state index is 0.0191. The van der Waals surface area contributed by atoms with Gasteiger partial charge in [-0.2, -0.15) is 0 Å². The van der Waals surface area contributed by atoms with Crippen molar-refractivity contribution in [3.63, 3.8) is 0 Å². The van der Waals surface area contributed by atoms with E-state index in [2.05, 4.69) is 6.58 Å². The van der Waals surface area contributed by atoms with Crippen molar-refractivity contribution in [3.8, 4) is 0 Å². The zero-order chi connectivity index (χ0) is 9.84. The Hall–Kier alpha value is -1.48. The summed E-state index contributed by atoms with van der Waals surface area (Å²) in [6.45, 7) is 3.34. The molecule has 0 aromatic heterocycles. The molecule has 1 rings (SSSR count). The second-order valence-corrected chi connectivity index (χ2v) is 2.65. The van der Waals surface area contributed by atoms with E-state index in [0.29, 0.717) is 11.8 Å². The molecule has 0 radical (unpaired) electrons. The van der Waals surface area contributed by atoms with E-state index in [4.69, 9.17) is 0 Å². The molecule has 0 spiro atoms. The first-order valence-electron chi connectivity index (χ1n) is 3.72. The minimum Gasteiger partial charge on any atom is -0.384 e. The van der Waals surface area contributed by atoms with Gasteiger partial charge in [-0.15, -0.1) is 0 Å². The van der Waals surface area contributed by atoms with Crippen LogP contribution in [0.25, 0.3) is 0 Å². The minimum atomic E-state index is -1.12. The van der Waals surface area contributed by atoms with Crippen molar-refractivity contribution in [2.75, 3.05) is 0 Å². The fourth-order valence-electron chi connectivity index (χ4n) is 0.955. The number of aliphatic hydroxyl groups excluding tert-OH is 1. The Bertz CT molecular complexity index is 333. The van der Waals surface area contributed by atoms with Crippen LogP contribution >= 0.6 is 0 Å². The van der Waals surface area contributed by atoms with Gasteiger partial charge < -0.3 is 5.11 Å². The predicted octanol–water partition coefficient (Wildman–Crippen LogP) is 1.61. The van der Waals surface area contributed by atoms with Crippen LogP contribution in [0.3, 0.4) is 0 Å². The largest absolute Gasteiger partial charge is 0.384 e. The lowest BCUT2D eigenvalue weighted by Gasteiger charge is -2.08. The van der Waals surface area contributed by atoms with E-state index in [9.17, 15) is 14.3 Å². The monoisotopic (exact) mass is 180 g/mol. The zero-order valence-corrected chi connectivity index (χ0v) is 6.90. The Labute approximate surface area is 75.3 Å². The van der Waals surface area contributed by atoms with Gasteiger partial charge in [-0.3, -0.25) is 4.79 Å². The van der Waals surface area contributed by atoms with Crippen LogP contribution < -0.4 is 0 Å². The lowest BCUT2D eigenvalue weighted by Crippen LogP contribution is -2.01. The standard InChI is InChI=1S/C10H9FO2/c1-7(6-12)10(13)8-3-2-4-9(11)5-8/h2-6,10,13H,1H2. The lowest BCUT2D eigenvalue weighted by atomic mass is 10.0. The molecule has 1 aromatic rings. The highest BCUT2D eigenvalue weighted by Crippen LogP contribution is 2.19. The van der Waals surface area contributed by atoms with Crippen LogP contribution in [-0.2, 0) is 4.79 Å². The summed E-state index contributed by atoms with van der Waals surface area (Å²) in [6.07, 6.45) is -0.663.